The number of hydrogen-bond donors (Lipinski definition) is 1. The maximum absolute atomic E-state index is 11.1. The Hall–Kier alpha value is -1.96. The predicted octanol–water partition coefficient (Wildman–Crippen LogP) is 1.16. The zero-order valence-corrected chi connectivity index (χ0v) is 12.3. The van der Waals surface area contributed by atoms with Crippen molar-refractivity contribution in [2.45, 2.75) is 31.2 Å². The minimum Gasteiger partial charge on any atom is -0.366 e. The second-order valence-electron chi connectivity index (χ2n) is 5.70. The van der Waals surface area contributed by atoms with E-state index in [0.717, 1.165) is 24.0 Å². The fourth-order valence-electron chi connectivity index (χ4n) is 2.63. The number of carbonyl (C=O) groups excluding carboxylic acids is 1. The van der Waals surface area contributed by atoms with Crippen molar-refractivity contribution in [1.82, 2.24) is 19.1 Å². The minimum absolute atomic E-state index is 0.272. The van der Waals surface area contributed by atoms with Crippen molar-refractivity contribution in [2.24, 2.45) is 5.73 Å². The van der Waals surface area contributed by atoms with Crippen molar-refractivity contribution in [3.63, 3.8) is 0 Å². The van der Waals surface area contributed by atoms with Crippen molar-refractivity contribution >= 4 is 22.6 Å². The Kier molecular flexibility index (Phi) is 2.91. The van der Waals surface area contributed by atoms with Crippen LogP contribution in [-0.4, -0.2) is 38.1 Å². The third kappa shape index (κ3) is 2.19. The molecular formula is C13H16N6OS. The van der Waals surface area contributed by atoms with Crippen LogP contribution in [0.3, 0.4) is 0 Å². The molecule has 4 rings (SSSR count). The van der Waals surface area contributed by atoms with E-state index in [1.54, 1.807) is 6.20 Å². The number of hydrogen-bond acceptors (Lipinski definition) is 6. The summed E-state index contributed by atoms with van der Waals surface area (Å²) in [5, 5.41) is 5.20. The first-order valence-corrected chi connectivity index (χ1v) is 7.90. The summed E-state index contributed by atoms with van der Waals surface area (Å²) in [6.07, 6.45) is 6.98. The predicted molar refractivity (Wildman–Crippen MR) is 78.5 cm³/mol. The lowest BCUT2D eigenvalue weighted by Gasteiger charge is -2.38. The van der Waals surface area contributed by atoms with E-state index in [2.05, 4.69) is 19.4 Å². The van der Waals surface area contributed by atoms with Crippen LogP contribution in [0.2, 0.25) is 0 Å². The van der Waals surface area contributed by atoms with Crippen LogP contribution in [0, 0.1) is 0 Å². The molecule has 3 heterocycles. The van der Waals surface area contributed by atoms with Gasteiger partial charge in [-0.2, -0.15) is 9.47 Å². The van der Waals surface area contributed by atoms with Gasteiger partial charge in [-0.3, -0.25) is 9.48 Å². The average Bonchev–Trinajstić information content (AvgIpc) is 2.95. The molecule has 0 atom stereocenters. The van der Waals surface area contributed by atoms with Crippen LogP contribution in [0.1, 0.15) is 47.4 Å². The number of rotatable bonds is 4. The van der Waals surface area contributed by atoms with Crippen molar-refractivity contribution < 1.29 is 4.79 Å². The number of aromatic nitrogens is 4. The highest BCUT2D eigenvalue weighted by Gasteiger charge is 2.32. The third-order valence-electron chi connectivity index (χ3n) is 4.29. The second kappa shape index (κ2) is 4.80. The van der Waals surface area contributed by atoms with Crippen LogP contribution < -0.4 is 10.6 Å². The van der Waals surface area contributed by atoms with Gasteiger partial charge in [0.2, 0.25) is 5.13 Å². The lowest BCUT2D eigenvalue weighted by Crippen LogP contribution is -2.48. The van der Waals surface area contributed by atoms with E-state index in [-0.39, 0.29) is 6.04 Å². The Balaban J connectivity index is 1.39. The van der Waals surface area contributed by atoms with Gasteiger partial charge in [0.05, 0.1) is 17.8 Å². The summed E-state index contributed by atoms with van der Waals surface area (Å²) in [6.45, 7) is 1.69. The Morgan fingerprint density at radius 2 is 2.19 bits per heavy atom. The van der Waals surface area contributed by atoms with Crippen molar-refractivity contribution in [1.29, 1.82) is 0 Å². The molecule has 2 aromatic rings. The van der Waals surface area contributed by atoms with Crippen LogP contribution >= 0.6 is 11.5 Å². The third-order valence-corrected chi connectivity index (χ3v) is 5.09. The highest BCUT2D eigenvalue weighted by molar-refractivity contribution is 7.09. The Morgan fingerprint density at radius 3 is 2.81 bits per heavy atom. The summed E-state index contributed by atoms with van der Waals surface area (Å²) in [5.41, 5.74) is 5.69. The quantitative estimate of drug-likeness (QED) is 0.915. The molecule has 2 fully saturated rings. The van der Waals surface area contributed by atoms with Crippen molar-refractivity contribution in [3.8, 4) is 0 Å². The first-order chi connectivity index (χ1) is 10.2. The fourth-order valence-corrected chi connectivity index (χ4v) is 3.39. The molecule has 21 heavy (non-hydrogen) atoms. The van der Waals surface area contributed by atoms with Gasteiger partial charge in [-0.25, -0.2) is 4.98 Å². The SMILES string of the molecule is NC(=O)c1cnn(C2CN(c3nc(C4CCC4)ns3)C2)c1. The Bertz CT molecular complexity index is 670. The summed E-state index contributed by atoms with van der Waals surface area (Å²) >= 11 is 1.48. The number of anilines is 1. The molecule has 1 saturated heterocycles. The monoisotopic (exact) mass is 304 g/mol. The largest absolute Gasteiger partial charge is 0.366 e. The normalized spacial score (nSPS) is 19.3. The van der Waals surface area contributed by atoms with E-state index < -0.39 is 5.91 Å². The summed E-state index contributed by atoms with van der Waals surface area (Å²) in [5.74, 6) is 1.16. The molecule has 1 aliphatic carbocycles. The molecule has 1 amide bonds. The molecule has 2 N–H and O–H groups in total. The number of amides is 1. The van der Waals surface area contributed by atoms with E-state index in [9.17, 15) is 4.79 Å². The van der Waals surface area contributed by atoms with Crippen LogP contribution in [0.5, 0.6) is 0 Å². The van der Waals surface area contributed by atoms with Gasteiger partial charge in [-0.15, -0.1) is 0 Å². The van der Waals surface area contributed by atoms with E-state index in [0.29, 0.717) is 11.5 Å². The number of nitrogens with two attached hydrogens (primary N) is 1. The van der Waals surface area contributed by atoms with Gasteiger partial charge in [0.15, 0.2) is 0 Å². The molecule has 0 spiro atoms. The summed E-state index contributed by atoms with van der Waals surface area (Å²) in [7, 11) is 0. The summed E-state index contributed by atoms with van der Waals surface area (Å²) < 4.78 is 6.28. The molecular weight excluding hydrogens is 288 g/mol. The Labute approximate surface area is 125 Å². The smallest absolute Gasteiger partial charge is 0.251 e. The molecule has 0 aromatic carbocycles. The van der Waals surface area contributed by atoms with Crippen LogP contribution in [0.25, 0.3) is 0 Å². The van der Waals surface area contributed by atoms with Crippen LogP contribution in [0.4, 0.5) is 5.13 Å². The fraction of sp³-hybridized carbons (Fsp3) is 0.538. The first-order valence-electron chi connectivity index (χ1n) is 7.13. The number of carbonyl (C=O) groups is 1. The molecule has 1 saturated carbocycles. The molecule has 0 unspecified atom stereocenters. The highest BCUT2D eigenvalue weighted by Crippen LogP contribution is 2.37. The first kappa shape index (κ1) is 12.8. The lowest BCUT2D eigenvalue weighted by atomic mass is 9.85. The van der Waals surface area contributed by atoms with Crippen LogP contribution in [-0.2, 0) is 0 Å². The second-order valence-corrected chi connectivity index (χ2v) is 6.43. The van der Waals surface area contributed by atoms with Crippen LogP contribution in [0.15, 0.2) is 12.4 Å². The number of primary amides is 1. The molecule has 7 nitrogen and oxygen atoms in total. The van der Waals surface area contributed by atoms with Gasteiger partial charge < -0.3 is 10.6 Å². The van der Waals surface area contributed by atoms with Crippen molar-refractivity contribution in [2.75, 3.05) is 18.0 Å². The zero-order chi connectivity index (χ0) is 14.4. The molecule has 0 bridgehead atoms. The van der Waals surface area contributed by atoms with E-state index in [1.165, 1.54) is 37.0 Å². The van der Waals surface area contributed by atoms with Gasteiger partial charge in [0.25, 0.3) is 5.91 Å². The summed E-state index contributed by atoms with van der Waals surface area (Å²) in [6, 6.07) is 0.272. The van der Waals surface area contributed by atoms with E-state index >= 15 is 0 Å². The average molecular weight is 304 g/mol. The van der Waals surface area contributed by atoms with Gasteiger partial charge >= 0.3 is 0 Å². The highest BCUT2D eigenvalue weighted by atomic mass is 32.1. The molecule has 2 aliphatic rings. The van der Waals surface area contributed by atoms with Gasteiger partial charge in [-0.1, -0.05) is 6.42 Å². The van der Waals surface area contributed by atoms with Gasteiger partial charge in [0, 0.05) is 36.7 Å². The zero-order valence-electron chi connectivity index (χ0n) is 11.5. The molecule has 1 aliphatic heterocycles. The topological polar surface area (TPSA) is 89.9 Å². The standard InChI is InChI=1S/C13H16N6OS/c14-11(20)9-4-15-19(5-9)10-6-18(7-10)13-16-12(17-21-13)8-2-1-3-8/h4-5,8,10H,1-3,6-7H2,(H2,14,20). The molecule has 110 valence electrons. The molecule has 2 aromatic heterocycles. The van der Waals surface area contributed by atoms with Gasteiger partial charge in [-0.05, 0) is 12.8 Å². The maximum atomic E-state index is 11.1. The number of nitrogens with zero attached hydrogens (tertiary/aromatic N) is 5. The summed E-state index contributed by atoms with van der Waals surface area (Å²) in [4.78, 5) is 17.9. The van der Waals surface area contributed by atoms with Crippen molar-refractivity contribution in [3.05, 3.63) is 23.8 Å². The minimum atomic E-state index is -0.438. The van der Waals surface area contributed by atoms with Gasteiger partial charge in [0.1, 0.15) is 5.82 Å². The maximum Gasteiger partial charge on any atom is 0.251 e. The Morgan fingerprint density at radius 1 is 1.38 bits per heavy atom. The van der Waals surface area contributed by atoms with E-state index in [1.807, 2.05) is 4.68 Å². The van der Waals surface area contributed by atoms with E-state index in [4.69, 9.17) is 5.73 Å². The molecule has 8 heteroatoms. The lowest BCUT2D eigenvalue weighted by molar-refractivity contribution is 0.1000. The molecule has 0 radical (unpaired) electrons.